The largest absolute Gasteiger partial charge is 0.330 e. The number of nitrogens with two attached hydrogens (primary N) is 1. The van der Waals surface area contributed by atoms with Gasteiger partial charge in [-0.25, -0.2) is 0 Å². The minimum atomic E-state index is 0.550. The highest BCUT2D eigenvalue weighted by Crippen LogP contribution is 2.56. The molecule has 0 aromatic heterocycles. The Labute approximate surface area is 51.3 Å². The molecule has 0 spiro atoms. The molecule has 1 heteroatoms. The Morgan fingerprint density at radius 2 is 1.88 bits per heavy atom. The molecule has 1 aliphatic carbocycles. The molecule has 0 saturated heterocycles. The molecule has 0 amide bonds. The Kier molecular flexibility index (Phi) is 1.12. The van der Waals surface area contributed by atoms with E-state index >= 15 is 0 Å². The van der Waals surface area contributed by atoms with E-state index in [9.17, 15) is 0 Å². The molecule has 0 radical (unpaired) electrons. The van der Waals surface area contributed by atoms with Gasteiger partial charge in [0.25, 0.3) is 0 Å². The van der Waals surface area contributed by atoms with E-state index in [0.717, 1.165) is 18.4 Å². The fourth-order valence-electron chi connectivity index (χ4n) is 1.53. The standard InChI is InChI=1S/C7H15N/c1-5-6(4-8)7(5,2)3/h5-6H,4,8H2,1-3H3/t5-,6-/m1/s1. The molecule has 0 unspecified atom stereocenters. The lowest BCUT2D eigenvalue weighted by atomic mass is 10.1. The summed E-state index contributed by atoms with van der Waals surface area (Å²) >= 11 is 0. The molecule has 48 valence electrons. The van der Waals surface area contributed by atoms with Crippen molar-refractivity contribution in [1.82, 2.24) is 0 Å². The Morgan fingerprint density at radius 1 is 1.50 bits per heavy atom. The summed E-state index contributed by atoms with van der Waals surface area (Å²) in [6.07, 6.45) is 0. The van der Waals surface area contributed by atoms with Crippen LogP contribution in [0.3, 0.4) is 0 Å². The zero-order valence-corrected chi connectivity index (χ0v) is 5.94. The average molecular weight is 113 g/mol. The molecular weight excluding hydrogens is 98.1 g/mol. The molecule has 1 saturated carbocycles. The van der Waals surface area contributed by atoms with Crippen LogP contribution in [0.15, 0.2) is 0 Å². The molecule has 8 heavy (non-hydrogen) atoms. The number of hydrogen-bond acceptors (Lipinski definition) is 1. The van der Waals surface area contributed by atoms with Crippen LogP contribution in [0.5, 0.6) is 0 Å². The maximum Gasteiger partial charge on any atom is -0.00409 e. The zero-order chi connectivity index (χ0) is 6.36. The third kappa shape index (κ3) is 0.576. The van der Waals surface area contributed by atoms with Crippen molar-refractivity contribution in [3.63, 3.8) is 0 Å². The SMILES string of the molecule is C[C@@H]1[C@@H](CN)C1(C)C. The molecule has 1 fully saturated rings. The summed E-state index contributed by atoms with van der Waals surface area (Å²) in [5.41, 5.74) is 6.05. The van der Waals surface area contributed by atoms with Gasteiger partial charge < -0.3 is 5.73 Å². The smallest absolute Gasteiger partial charge is 0.00409 e. The van der Waals surface area contributed by atoms with Crippen molar-refractivity contribution in [1.29, 1.82) is 0 Å². The van der Waals surface area contributed by atoms with Gasteiger partial charge in [-0.05, 0) is 23.8 Å². The van der Waals surface area contributed by atoms with Crippen LogP contribution < -0.4 is 5.73 Å². The van der Waals surface area contributed by atoms with Crippen LogP contribution in [0, 0.1) is 17.3 Å². The molecule has 0 aromatic carbocycles. The molecule has 2 atom stereocenters. The van der Waals surface area contributed by atoms with Crippen LogP contribution >= 0.6 is 0 Å². The molecule has 0 aliphatic heterocycles. The van der Waals surface area contributed by atoms with Crippen molar-refractivity contribution in [2.75, 3.05) is 6.54 Å². The predicted octanol–water partition coefficient (Wildman–Crippen LogP) is 1.24. The number of hydrogen-bond donors (Lipinski definition) is 1. The van der Waals surface area contributed by atoms with Gasteiger partial charge in [-0.15, -0.1) is 0 Å². The maximum atomic E-state index is 5.50. The summed E-state index contributed by atoms with van der Waals surface area (Å²) in [5.74, 6) is 1.65. The minimum absolute atomic E-state index is 0.550. The third-order valence-electron chi connectivity index (χ3n) is 2.88. The molecule has 2 N–H and O–H groups in total. The summed E-state index contributed by atoms with van der Waals surface area (Å²) in [4.78, 5) is 0. The van der Waals surface area contributed by atoms with Crippen LogP contribution in [0.1, 0.15) is 20.8 Å². The Balaban J connectivity index is 2.45. The normalized spacial score (nSPS) is 42.0. The molecule has 1 nitrogen and oxygen atoms in total. The second-order valence-electron chi connectivity index (χ2n) is 3.45. The van der Waals surface area contributed by atoms with E-state index in [2.05, 4.69) is 20.8 Å². The lowest BCUT2D eigenvalue weighted by Crippen LogP contribution is -2.05. The molecular formula is C7H15N. The van der Waals surface area contributed by atoms with Gasteiger partial charge in [0.15, 0.2) is 0 Å². The van der Waals surface area contributed by atoms with Crippen LogP contribution in [0.2, 0.25) is 0 Å². The van der Waals surface area contributed by atoms with Gasteiger partial charge in [-0.1, -0.05) is 20.8 Å². The van der Waals surface area contributed by atoms with E-state index in [-0.39, 0.29) is 0 Å². The fraction of sp³-hybridized carbons (Fsp3) is 1.00. The molecule has 0 aromatic rings. The van der Waals surface area contributed by atoms with Crippen molar-refractivity contribution in [2.24, 2.45) is 23.0 Å². The van der Waals surface area contributed by atoms with Crippen molar-refractivity contribution in [3.05, 3.63) is 0 Å². The van der Waals surface area contributed by atoms with E-state index in [1.54, 1.807) is 0 Å². The zero-order valence-electron chi connectivity index (χ0n) is 5.94. The molecule has 1 aliphatic rings. The van der Waals surface area contributed by atoms with Gasteiger partial charge in [0.2, 0.25) is 0 Å². The second kappa shape index (κ2) is 1.47. The Morgan fingerprint density at radius 3 is 1.88 bits per heavy atom. The van der Waals surface area contributed by atoms with Gasteiger partial charge in [-0.2, -0.15) is 0 Å². The van der Waals surface area contributed by atoms with Gasteiger partial charge in [0.05, 0.1) is 0 Å². The summed E-state index contributed by atoms with van der Waals surface area (Å²) in [6, 6.07) is 0. The summed E-state index contributed by atoms with van der Waals surface area (Å²) in [5, 5.41) is 0. The topological polar surface area (TPSA) is 26.0 Å². The first kappa shape index (κ1) is 6.09. The highest BCUT2D eigenvalue weighted by Gasteiger charge is 2.53. The van der Waals surface area contributed by atoms with Crippen molar-refractivity contribution >= 4 is 0 Å². The van der Waals surface area contributed by atoms with Gasteiger partial charge in [0, 0.05) is 0 Å². The number of rotatable bonds is 1. The first-order chi connectivity index (χ1) is 3.60. The quantitative estimate of drug-likeness (QED) is 0.544. The highest BCUT2D eigenvalue weighted by molar-refractivity contribution is 5.02. The van der Waals surface area contributed by atoms with Crippen LogP contribution in [-0.4, -0.2) is 6.54 Å². The third-order valence-corrected chi connectivity index (χ3v) is 2.88. The maximum absolute atomic E-state index is 5.50. The van der Waals surface area contributed by atoms with Gasteiger partial charge in [0.1, 0.15) is 0 Å². The van der Waals surface area contributed by atoms with E-state index in [0.29, 0.717) is 5.41 Å². The monoisotopic (exact) mass is 113 g/mol. The summed E-state index contributed by atoms with van der Waals surface area (Å²) in [6.45, 7) is 7.72. The lowest BCUT2D eigenvalue weighted by molar-refractivity contribution is 0.548. The average Bonchev–Trinajstić information content (AvgIpc) is 2.09. The first-order valence-corrected chi connectivity index (χ1v) is 3.30. The van der Waals surface area contributed by atoms with Crippen LogP contribution in [-0.2, 0) is 0 Å². The van der Waals surface area contributed by atoms with E-state index in [1.165, 1.54) is 0 Å². The van der Waals surface area contributed by atoms with Crippen molar-refractivity contribution < 1.29 is 0 Å². The van der Waals surface area contributed by atoms with Gasteiger partial charge in [-0.3, -0.25) is 0 Å². The molecule has 1 rings (SSSR count). The molecule has 0 bridgehead atoms. The summed E-state index contributed by atoms with van der Waals surface area (Å²) in [7, 11) is 0. The Bertz CT molecular complexity index is 96.6. The van der Waals surface area contributed by atoms with Crippen molar-refractivity contribution in [2.45, 2.75) is 20.8 Å². The van der Waals surface area contributed by atoms with E-state index < -0.39 is 0 Å². The predicted molar refractivity (Wildman–Crippen MR) is 35.5 cm³/mol. The van der Waals surface area contributed by atoms with Gasteiger partial charge >= 0.3 is 0 Å². The van der Waals surface area contributed by atoms with E-state index in [1.807, 2.05) is 0 Å². The van der Waals surface area contributed by atoms with Crippen LogP contribution in [0.25, 0.3) is 0 Å². The van der Waals surface area contributed by atoms with E-state index in [4.69, 9.17) is 5.73 Å². The summed E-state index contributed by atoms with van der Waals surface area (Å²) < 4.78 is 0. The van der Waals surface area contributed by atoms with Crippen LogP contribution in [0.4, 0.5) is 0 Å². The fourth-order valence-corrected chi connectivity index (χ4v) is 1.53. The Hall–Kier alpha value is -0.0400. The minimum Gasteiger partial charge on any atom is -0.330 e. The van der Waals surface area contributed by atoms with Crippen molar-refractivity contribution in [3.8, 4) is 0 Å². The lowest BCUT2D eigenvalue weighted by Gasteiger charge is -1.96. The first-order valence-electron chi connectivity index (χ1n) is 3.30. The second-order valence-corrected chi connectivity index (χ2v) is 3.45. The highest BCUT2D eigenvalue weighted by atomic mass is 14.7. The molecule has 0 heterocycles.